The van der Waals surface area contributed by atoms with Crippen LogP contribution in [0.15, 0.2) is 18.2 Å². The molecule has 2 rings (SSSR count). The molecule has 1 aromatic carbocycles. The van der Waals surface area contributed by atoms with Gasteiger partial charge in [-0.15, -0.1) is 0 Å². The first-order valence-corrected chi connectivity index (χ1v) is 6.68. The zero-order chi connectivity index (χ0) is 13.2. The van der Waals surface area contributed by atoms with E-state index in [4.69, 9.17) is 16.3 Å². The minimum absolute atomic E-state index is 0.504. The van der Waals surface area contributed by atoms with Crippen LogP contribution in [0.25, 0.3) is 0 Å². The largest absolute Gasteiger partial charge is 0.495 e. The molecule has 1 fully saturated rings. The molecule has 2 N–H and O–H groups in total. The molecule has 0 amide bonds. The van der Waals surface area contributed by atoms with Crippen molar-refractivity contribution in [3.63, 3.8) is 0 Å². The molecule has 100 valence electrons. The van der Waals surface area contributed by atoms with Gasteiger partial charge in [-0.2, -0.15) is 0 Å². The zero-order valence-electron chi connectivity index (χ0n) is 10.5. The molecular formula is C14H19ClO3. The summed E-state index contributed by atoms with van der Waals surface area (Å²) in [6, 6.07) is 5.12. The van der Waals surface area contributed by atoms with E-state index < -0.39 is 11.7 Å². The molecule has 0 heterocycles. The predicted molar refractivity (Wildman–Crippen MR) is 71.0 cm³/mol. The first-order valence-electron chi connectivity index (χ1n) is 6.31. The lowest BCUT2D eigenvalue weighted by atomic mass is 9.78. The van der Waals surface area contributed by atoms with Gasteiger partial charge < -0.3 is 14.9 Å². The lowest BCUT2D eigenvalue weighted by Gasteiger charge is -2.36. The smallest absolute Gasteiger partial charge is 0.137 e. The standard InChI is InChI=1S/C14H19ClO3/c1-18-12-9-10(5-6-11(12)15)13(16)14(17)7-3-2-4-8-14/h5-6,9,13,16-17H,2-4,7-8H2,1H3. The van der Waals surface area contributed by atoms with Crippen LogP contribution in [0.5, 0.6) is 5.75 Å². The number of rotatable bonds is 3. The monoisotopic (exact) mass is 270 g/mol. The Kier molecular flexibility index (Phi) is 4.15. The fourth-order valence-electron chi connectivity index (χ4n) is 2.59. The van der Waals surface area contributed by atoms with E-state index in [2.05, 4.69) is 0 Å². The average molecular weight is 271 g/mol. The second kappa shape index (κ2) is 5.47. The number of benzene rings is 1. The number of aliphatic hydroxyl groups is 2. The minimum Gasteiger partial charge on any atom is -0.495 e. The van der Waals surface area contributed by atoms with Crippen molar-refractivity contribution >= 4 is 11.6 Å². The van der Waals surface area contributed by atoms with Gasteiger partial charge in [0.25, 0.3) is 0 Å². The van der Waals surface area contributed by atoms with Crippen molar-refractivity contribution < 1.29 is 14.9 Å². The van der Waals surface area contributed by atoms with Gasteiger partial charge in [-0.1, -0.05) is 36.9 Å². The van der Waals surface area contributed by atoms with E-state index in [0.717, 1.165) is 19.3 Å². The van der Waals surface area contributed by atoms with Gasteiger partial charge in [0.05, 0.1) is 17.7 Å². The van der Waals surface area contributed by atoms with Crippen molar-refractivity contribution in [2.75, 3.05) is 7.11 Å². The summed E-state index contributed by atoms with van der Waals surface area (Å²) in [6.07, 6.45) is 3.43. The summed E-state index contributed by atoms with van der Waals surface area (Å²) >= 11 is 5.95. The number of aliphatic hydroxyl groups excluding tert-OH is 1. The van der Waals surface area contributed by atoms with Crippen LogP contribution in [0.3, 0.4) is 0 Å². The summed E-state index contributed by atoms with van der Waals surface area (Å²) in [5, 5.41) is 21.4. The number of hydrogen-bond acceptors (Lipinski definition) is 3. The van der Waals surface area contributed by atoms with Crippen molar-refractivity contribution in [1.82, 2.24) is 0 Å². The molecule has 0 aliphatic heterocycles. The first-order chi connectivity index (χ1) is 8.57. The van der Waals surface area contributed by atoms with Gasteiger partial charge in [0.1, 0.15) is 11.9 Å². The van der Waals surface area contributed by atoms with E-state index in [1.807, 2.05) is 0 Å². The molecule has 0 aromatic heterocycles. The van der Waals surface area contributed by atoms with Crippen LogP contribution in [0.1, 0.15) is 43.8 Å². The summed E-state index contributed by atoms with van der Waals surface area (Å²) in [7, 11) is 1.53. The molecule has 0 saturated heterocycles. The fraction of sp³-hybridized carbons (Fsp3) is 0.571. The van der Waals surface area contributed by atoms with E-state index >= 15 is 0 Å². The molecule has 0 bridgehead atoms. The molecule has 4 heteroatoms. The molecule has 1 unspecified atom stereocenters. The van der Waals surface area contributed by atoms with Crippen molar-refractivity contribution in [2.45, 2.75) is 43.8 Å². The Morgan fingerprint density at radius 3 is 2.56 bits per heavy atom. The number of methoxy groups -OCH3 is 1. The third kappa shape index (κ3) is 2.63. The van der Waals surface area contributed by atoms with Crippen molar-refractivity contribution in [3.05, 3.63) is 28.8 Å². The Balaban J connectivity index is 2.24. The second-order valence-corrected chi connectivity index (χ2v) is 5.37. The fourth-order valence-corrected chi connectivity index (χ4v) is 2.79. The zero-order valence-corrected chi connectivity index (χ0v) is 11.3. The van der Waals surface area contributed by atoms with Crippen LogP contribution in [0, 0.1) is 0 Å². The molecule has 18 heavy (non-hydrogen) atoms. The van der Waals surface area contributed by atoms with Crippen molar-refractivity contribution in [1.29, 1.82) is 0 Å². The summed E-state index contributed by atoms with van der Waals surface area (Å²) < 4.78 is 5.13. The minimum atomic E-state index is -1.02. The normalized spacial score (nSPS) is 20.4. The van der Waals surface area contributed by atoms with E-state index in [9.17, 15) is 10.2 Å². The Morgan fingerprint density at radius 1 is 1.28 bits per heavy atom. The summed E-state index contributed by atoms with van der Waals surface area (Å²) in [4.78, 5) is 0. The van der Waals surface area contributed by atoms with Crippen LogP contribution >= 0.6 is 11.6 Å². The van der Waals surface area contributed by atoms with Crippen LogP contribution in [0.2, 0.25) is 5.02 Å². The van der Waals surface area contributed by atoms with Crippen LogP contribution in [-0.2, 0) is 0 Å². The molecule has 1 aliphatic rings. The Hall–Kier alpha value is -0.770. The molecule has 1 aromatic rings. The maximum atomic E-state index is 10.5. The number of halogens is 1. The van der Waals surface area contributed by atoms with Crippen LogP contribution in [0.4, 0.5) is 0 Å². The lowest BCUT2D eigenvalue weighted by molar-refractivity contribution is -0.0992. The Bertz CT molecular complexity index is 414. The van der Waals surface area contributed by atoms with Gasteiger partial charge >= 0.3 is 0 Å². The highest BCUT2D eigenvalue weighted by molar-refractivity contribution is 6.32. The van der Waals surface area contributed by atoms with E-state index in [1.165, 1.54) is 7.11 Å². The third-order valence-electron chi connectivity index (χ3n) is 3.72. The molecule has 1 atom stereocenters. The lowest BCUT2D eigenvalue weighted by Crippen LogP contribution is -2.38. The number of hydrogen-bond donors (Lipinski definition) is 2. The summed E-state index contributed by atoms with van der Waals surface area (Å²) in [6.45, 7) is 0. The Morgan fingerprint density at radius 2 is 1.94 bits per heavy atom. The van der Waals surface area contributed by atoms with Crippen molar-refractivity contribution in [2.24, 2.45) is 0 Å². The van der Waals surface area contributed by atoms with Gasteiger partial charge in [-0.3, -0.25) is 0 Å². The molecule has 0 radical (unpaired) electrons. The Labute approximate surface area is 112 Å². The van der Waals surface area contributed by atoms with Gasteiger partial charge in [-0.05, 0) is 30.5 Å². The second-order valence-electron chi connectivity index (χ2n) is 4.96. The number of ether oxygens (including phenoxy) is 1. The molecule has 1 aliphatic carbocycles. The molecule has 3 nitrogen and oxygen atoms in total. The maximum Gasteiger partial charge on any atom is 0.137 e. The van der Waals surface area contributed by atoms with Gasteiger partial charge in [0.15, 0.2) is 0 Å². The highest BCUT2D eigenvalue weighted by atomic mass is 35.5. The molecule has 1 saturated carbocycles. The van der Waals surface area contributed by atoms with E-state index in [0.29, 0.717) is 29.2 Å². The van der Waals surface area contributed by atoms with E-state index in [-0.39, 0.29) is 0 Å². The summed E-state index contributed by atoms with van der Waals surface area (Å²) in [5.41, 5.74) is -0.363. The van der Waals surface area contributed by atoms with Crippen molar-refractivity contribution in [3.8, 4) is 5.75 Å². The van der Waals surface area contributed by atoms with E-state index in [1.54, 1.807) is 18.2 Å². The van der Waals surface area contributed by atoms with Gasteiger partial charge in [-0.25, -0.2) is 0 Å². The first kappa shape index (κ1) is 13.7. The van der Waals surface area contributed by atoms with Crippen LogP contribution < -0.4 is 4.74 Å². The quantitative estimate of drug-likeness (QED) is 0.887. The molecule has 0 spiro atoms. The topological polar surface area (TPSA) is 49.7 Å². The molecular weight excluding hydrogens is 252 g/mol. The average Bonchev–Trinajstić information content (AvgIpc) is 2.39. The highest BCUT2D eigenvalue weighted by Crippen LogP contribution is 2.39. The third-order valence-corrected chi connectivity index (χ3v) is 4.03. The van der Waals surface area contributed by atoms with Crippen LogP contribution in [-0.4, -0.2) is 22.9 Å². The summed E-state index contributed by atoms with van der Waals surface area (Å²) in [5.74, 6) is 0.521. The highest BCUT2D eigenvalue weighted by Gasteiger charge is 2.37. The predicted octanol–water partition coefficient (Wildman–Crippen LogP) is 3.08. The van der Waals surface area contributed by atoms with Gasteiger partial charge in [0, 0.05) is 0 Å². The van der Waals surface area contributed by atoms with Gasteiger partial charge in [0.2, 0.25) is 0 Å². The SMILES string of the molecule is COc1cc(C(O)C2(O)CCCCC2)ccc1Cl. The maximum absolute atomic E-state index is 10.5.